The van der Waals surface area contributed by atoms with Gasteiger partial charge in [0, 0.05) is 25.0 Å². The molecule has 1 aromatic heterocycles. The first kappa shape index (κ1) is 13.0. The molecule has 0 spiro atoms. The van der Waals surface area contributed by atoms with Crippen LogP contribution >= 0.6 is 0 Å². The second-order valence-electron chi connectivity index (χ2n) is 4.37. The Morgan fingerprint density at radius 3 is 3.17 bits per heavy atom. The van der Waals surface area contributed by atoms with Crippen molar-refractivity contribution in [1.82, 2.24) is 20.4 Å². The molecular formula is C12H20N4O2. The smallest absolute Gasteiger partial charge is 0.227 e. The van der Waals surface area contributed by atoms with E-state index in [4.69, 9.17) is 4.74 Å². The molecule has 2 rings (SSSR count). The Morgan fingerprint density at radius 1 is 1.56 bits per heavy atom. The normalized spacial score (nSPS) is 23.2. The molecule has 1 aromatic rings. The van der Waals surface area contributed by atoms with E-state index < -0.39 is 0 Å². The van der Waals surface area contributed by atoms with Gasteiger partial charge in [-0.2, -0.15) is 5.10 Å². The number of nitrogens with zero attached hydrogens (tertiary/aromatic N) is 2. The summed E-state index contributed by atoms with van der Waals surface area (Å²) in [5, 5.41) is 10.3. The van der Waals surface area contributed by atoms with Gasteiger partial charge in [0.25, 0.3) is 0 Å². The van der Waals surface area contributed by atoms with Crippen molar-refractivity contribution in [2.24, 2.45) is 5.92 Å². The number of carbonyl (C=O) groups excluding carboxylic acids is 1. The third-order valence-corrected chi connectivity index (χ3v) is 3.08. The number of aromatic nitrogens is 2. The Hall–Kier alpha value is -1.40. The maximum absolute atomic E-state index is 12.0. The highest BCUT2D eigenvalue weighted by molar-refractivity contribution is 5.79. The molecule has 18 heavy (non-hydrogen) atoms. The summed E-state index contributed by atoms with van der Waals surface area (Å²) >= 11 is 0. The van der Waals surface area contributed by atoms with Crippen LogP contribution in [-0.2, 0) is 16.1 Å². The molecule has 1 fully saturated rings. The van der Waals surface area contributed by atoms with Crippen LogP contribution in [0.2, 0.25) is 0 Å². The zero-order chi connectivity index (χ0) is 12.8. The van der Waals surface area contributed by atoms with Gasteiger partial charge in [0.05, 0.1) is 25.7 Å². The van der Waals surface area contributed by atoms with Crippen LogP contribution in [0.4, 0.5) is 0 Å². The highest BCUT2D eigenvalue weighted by Crippen LogP contribution is 2.13. The van der Waals surface area contributed by atoms with Gasteiger partial charge in [-0.25, -0.2) is 0 Å². The van der Waals surface area contributed by atoms with Crippen LogP contribution < -0.4 is 10.6 Å². The zero-order valence-electron chi connectivity index (χ0n) is 10.6. The van der Waals surface area contributed by atoms with Gasteiger partial charge in [0.1, 0.15) is 0 Å². The topological polar surface area (TPSA) is 68.2 Å². The summed E-state index contributed by atoms with van der Waals surface area (Å²) in [6, 6.07) is 2.01. The average molecular weight is 252 g/mol. The molecule has 2 N–H and O–H groups in total. The van der Waals surface area contributed by atoms with Gasteiger partial charge >= 0.3 is 0 Å². The first-order chi connectivity index (χ1) is 8.81. The largest absolute Gasteiger partial charge is 0.379 e. The van der Waals surface area contributed by atoms with Crippen molar-refractivity contribution in [3.05, 3.63) is 18.5 Å². The molecule has 0 aromatic carbocycles. The molecule has 1 amide bonds. The lowest BCUT2D eigenvalue weighted by molar-refractivity contribution is -0.125. The van der Waals surface area contributed by atoms with Crippen LogP contribution in [0.3, 0.4) is 0 Å². The molecule has 100 valence electrons. The van der Waals surface area contributed by atoms with E-state index in [1.165, 1.54) is 0 Å². The number of amides is 1. The number of rotatable bonds is 6. The van der Waals surface area contributed by atoms with E-state index in [9.17, 15) is 4.79 Å². The molecule has 2 unspecified atom stereocenters. The first-order valence-corrected chi connectivity index (χ1v) is 6.37. The van der Waals surface area contributed by atoms with E-state index >= 15 is 0 Å². The fourth-order valence-electron chi connectivity index (χ4n) is 2.13. The van der Waals surface area contributed by atoms with Gasteiger partial charge in [0.15, 0.2) is 0 Å². The fourth-order valence-corrected chi connectivity index (χ4v) is 2.13. The maximum Gasteiger partial charge on any atom is 0.227 e. The van der Waals surface area contributed by atoms with Gasteiger partial charge in [-0.05, 0) is 12.6 Å². The van der Waals surface area contributed by atoms with Crippen molar-refractivity contribution in [1.29, 1.82) is 0 Å². The summed E-state index contributed by atoms with van der Waals surface area (Å²) in [7, 11) is 0. The van der Waals surface area contributed by atoms with Crippen molar-refractivity contribution in [3.63, 3.8) is 0 Å². The molecule has 0 aliphatic carbocycles. The maximum atomic E-state index is 12.0. The van der Waals surface area contributed by atoms with Crippen molar-refractivity contribution in [2.45, 2.75) is 19.5 Å². The fraction of sp³-hybridized carbons (Fsp3) is 0.667. The summed E-state index contributed by atoms with van der Waals surface area (Å²) in [4.78, 5) is 12.0. The number of nitrogens with one attached hydrogen (secondary N) is 2. The van der Waals surface area contributed by atoms with E-state index in [-0.39, 0.29) is 17.9 Å². The van der Waals surface area contributed by atoms with Crippen molar-refractivity contribution in [2.75, 3.05) is 26.3 Å². The molecule has 1 aliphatic heterocycles. The Labute approximate surface area is 107 Å². The number of likely N-dealkylation sites (N-methyl/N-ethyl adjacent to an activating group) is 1. The highest BCUT2D eigenvalue weighted by Gasteiger charge is 2.33. The van der Waals surface area contributed by atoms with E-state index in [0.29, 0.717) is 26.3 Å². The number of ether oxygens (including phenoxy) is 1. The van der Waals surface area contributed by atoms with Gasteiger partial charge in [-0.3, -0.25) is 9.48 Å². The minimum atomic E-state index is -0.0810. The third kappa shape index (κ3) is 3.30. The summed E-state index contributed by atoms with van der Waals surface area (Å²) in [6.07, 6.45) is 3.61. The number of carbonyl (C=O) groups is 1. The van der Waals surface area contributed by atoms with Crippen LogP contribution in [0.15, 0.2) is 18.5 Å². The van der Waals surface area contributed by atoms with E-state index in [2.05, 4.69) is 15.7 Å². The van der Waals surface area contributed by atoms with Crippen LogP contribution in [-0.4, -0.2) is 48.0 Å². The van der Waals surface area contributed by atoms with Gasteiger partial charge in [0.2, 0.25) is 5.91 Å². The Balaban J connectivity index is 1.73. The monoisotopic (exact) mass is 252 g/mol. The van der Waals surface area contributed by atoms with Crippen molar-refractivity contribution in [3.8, 4) is 0 Å². The molecule has 6 nitrogen and oxygen atoms in total. The van der Waals surface area contributed by atoms with Crippen LogP contribution in [0.5, 0.6) is 0 Å². The predicted octanol–water partition coefficient (Wildman–Crippen LogP) is -0.376. The molecule has 6 heteroatoms. The van der Waals surface area contributed by atoms with Crippen molar-refractivity contribution >= 4 is 5.91 Å². The van der Waals surface area contributed by atoms with Crippen molar-refractivity contribution < 1.29 is 9.53 Å². The molecular weight excluding hydrogens is 232 g/mol. The minimum absolute atomic E-state index is 0.0607. The van der Waals surface area contributed by atoms with Gasteiger partial charge < -0.3 is 15.4 Å². The lowest BCUT2D eigenvalue weighted by Gasteiger charge is -2.17. The summed E-state index contributed by atoms with van der Waals surface area (Å²) in [5.74, 6) is -0.0202. The van der Waals surface area contributed by atoms with Crippen LogP contribution in [0.1, 0.15) is 6.92 Å². The molecule has 2 atom stereocenters. The second kappa shape index (κ2) is 6.51. The van der Waals surface area contributed by atoms with Crippen LogP contribution in [0.25, 0.3) is 0 Å². The quantitative estimate of drug-likeness (QED) is 0.724. The molecule has 1 saturated heterocycles. The first-order valence-electron chi connectivity index (χ1n) is 6.37. The van der Waals surface area contributed by atoms with Crippen LogP contribution in [0, 0.1) is 5.92 Å². The zero-order valence-corrected chi connectivity index (χ0v) is 10.6. The summed E-state index contributed by atoms with van der Waals surface area (Å²) < 4.78 is 7.15. The molecule has 0 bridgehead atoms. The predicted molar refractivity (Wildman–Crippen MR) is 67.0 cm³/mol. The van der Waals surface area contributed by atoms with E-state index in [1.807, 2.05) is 19.2 Å². The second-order valence-corrected chi connectivity index (χ2v) is 4.37. The summed E-state index contributed by atoms with van der Waals surface area (Å²) in [6.45, 7) is 5.29. The molecule has 1 aliphatic rings. The summed E-state index contributed by atoms with van der Waals surface area (Å²) in [5.41, 5.74) is 0. The lowest BCUT2D eigenvalue weighted by Crippen LogP contribution is -2.44. The Bertz CT molecular complexity index is 366. The lowest BCUT2D eigenvalue weighted by atomic mass is 10.0. The standard InChI is InChI=1S/C12H20N4O2/c1-2-13-11-9-18-8-10(11)12(17)14-5-7-16-6-3-4-15-16/h3-4,6,10-11,13H,2,5,7-9H2,1H3,(H,14,17). The van der Waals surface area contributed by atoms with Gasteiger partial charge in [-0.1, -0.05) is 6.92 Å². The van der Waals surface area contributed by atoms with Gasteiger partial charge in [-0.15, -0.1) is 0 Å². The highest BCUT2D eigenvalue weighted by atomic mass is 16.5. The molecule has 0 saturated carbocycles. The third-order valence-electron chi connectivity index (χ3n) is 3.08. The molecule has 0 radical (unpaired) electrons. The average Bonchev–Trinajstić information content (AvgIpc) is 3.00. The number of hydrogen-bond donors (Lipinski definition) is 2. The van der Waals surface area contributed by atoms with E-state index in [1.54, 1.807) is 10.9 Å². The molecule has 2 heterocycles. The Morgan fingerprint density at radius 2 is 2.44 bits per heavy atom. The minimum Gasteiger partial charge on any atom is -0.379 e. The number of hydrogen-bond acceptors (Lipinski definition) is 4. The Kier molecular flexibility index (Phi) is 4.72. The SMILES string of the molecule is CCNC1COCC1C(=O)NCCn1cccn1. The van der Waals surface area contributed by atoms with E-state index in [0.717, 1.165) is 6.54 Å².